The first kappa shape index (κ1) is 26.1. The van der Waals surface area contributed by atoms with Crippen LogP contribution in [0.2, 0.25) is 0 Å². The van der Waals surface area contributed by atoms with Crippen molar-refractivity contribution in [3.63, 3.8) is 0 Å². The average Bonchev–Trinajstić information content (AvgIpc) is 3.48. The van der Waals surface area contributed by atoms with E-state index in [1.807, 2.05) is 12.1 Å². The van der Waals surface area contributed by atoms with E-state index in [0.29, 0.717) is 12.2 Å². The topological polar surface area (TPSA) is 169 Å². The zero-order chi connectivity index (χ0) is 28.6. The molecule has 1 aromatic heterocycles. The number of Topliss-reactive ketones (excluding diaryl/α,β-unsaturated/α-hetero) is 1. The summed E-state index contributed by atoms with van der Waals surface area (Å²) in [6, 6.07) is 14.8. The fourth-order valence-electron chi connectivity index (χ4n) is 4.92. The van der Waals surface area contributed by atoms with Gasteiger partial charge in [0.2, 0.25) is 0 Å². The fraction of sp³-hybridized carbons (Fsp3) is 0.143. The Morgan fingerprint density at radius 3 is 2.40 bits per heavy atom. The molecule has 1 aliphatic rings. The van der Waals surface area contributed by atoms with Gasteiger partial charge in [-0.2, -0.15) is 0 Å². The van der Waals surface area contributed by atoms with Crippen LogP contribution in [0.1, 0.15) is 22.7 Å². The molecule has 0 aliphatic carbocycles. The van der Waals surface area contributed by atoms with Gasteiger partial charge in [0.1, 0.15) is 11.5 Å². The van der Waals surface area contributed by atoms with Crippen LogP contribution >= 0.6 is 0 Å². The normalized spacial score (nSPS) is 16.4. The highest BCUT2D eigenvalue weighted by Gasteiger charge is 2.46. The van der Waals surface area contributed by atoms with Crippen molar-refractivity contribution in [3.8, 4) is 5.75 Å². The number of ketones is 1. The van der Waals surface area contributed by atoms with E-state index in [1.54, 1.807) is 19.4 Å². The van der Waals surface area contributed by atoms with Crippen molar-refractivity contribution in [2.24, 2.45) is 0 Å². The summed E-state index contributed by atoms with van der Waals surface area (Å²) in [5.74, 6) is -1.87. The van der Waals surface area contributed by atoms with Gasteiger partial charge in [-0.15, -0.1) is 0 Å². The molecule has 5 rings (SSSR count). The summed E-state index contributed by atoms with van der Waals surface area (Å²) in [7, 11) is 1.55. The summed E-state index contributed by atoms with van der Waals surface area (Å²) in [6.07, 6.45) is 2.09. The number of nitrogens with one attached hydrogen (secondary N) is 1. The summed E-state index contributed by atoms with van der Waals surface area (Å²) in [5, 5.41) is 34.8. The summed E-state index contributed by atoms with van der Waals surface area (Å²) in [6.45, 7) is 0.0355. The number of aliphatic hydroxyl groups excluding tert-OH is 1. The Bertz CT molecular complexity index is 1720. The fourth-order valence-corrected chi connectivity index (χ4v) is 4.92. The van der Waals surface area contributed by atoms with E-state index >= 15 is 0 Å². The maximum absolute atomic E-state index is 13.3. The Morgan fingerprint density at radius 1 is 1.00 bits per heavy atom. The van der Waals surface area contributed by atoms with E-state index in [2.05, 4.69) is 4.98 Å². The number of hydrogen-bond acceptors (Lipinski definition) is 8. The van der Waals surface area contributed by atoms with Gasteiger partial charge < -0.3 is 19.7 Å². The number of rotatable bonds is 8. The Labute approximate surface area is 226 Å². The third-order valence-corrected chi connectivity index (χ3v) is 6.86. The molecule has 2 heterocycles. The zero-order valence-electron chi connectivity index (χ0n) is 21.1. The van der Waals surface area contributed by atoms with Gasteiger partial charge in [0.05, 0.1) is 28.6 Å². The number of H-pyrrole nitrogens is 1. The first-order chi connectivity index (χ1) is 19.2. The molecule has 0 saturated carbocycles. The molecule has 2 N–H and O–H groups in total. The molecule has 1 aliphatic heterocycles. The summed E-state index contributed by atoms with van der Waals surface area (Å²) < 4.78 is 5.31. The quantitative estimate of drug-likeness (QED) is 0.106. The molecule has 1 saturated heterocycles. The molecule has 1 fully saturated rings. The van der Waals surface area contributed by atoms with E-state index in [-0.39, 0.29) is 34.6 Å². The lowest BCUT2D eigenvalue weighted by molar-refractivity contribution is -0.385. The molecule has 202 valence electrons. The van der Waals surface area contributed by atoms with Gasteiger partial charge in [0.25, 0.3) is 23.1 Å². The molecule has 0 bridgehead atoms. The van der Waals surface area contributed by atoms with E-state index in [1.165, 1.54) is 47.4 Å². The van der Waals surface area contributed by atoms with Gasteiger partial charge in [-0.05, 0) is 35.7 Å². The maximum Gasteiger partial charge on any atom is 0.295 e. The molecular formula is C28H22N4O8. The Morgan fingerprint density at radius 2 is 1.70 bits per heavy atom. The van der Waals surface area contributed by atoms with Crippen molar-refractivity contribution >= 4 is 39.7 Å². The number of likely N-dealkylation sites (tertiary alicyclic amines) is 1. The van der Waals surface area contributed by atoms with Crippen molar-refractivity contribution in [2.75, 3.05) is 13.7 Å². The Hall–Kier alpha value is -5.52. The van der Waals surface area contributed by atoms with Gasteiger partial charge >= 0.3 is 0 Å². The van der Waals surface area contributed by atoms with Crippen LogP contribution in [0.3, 0.4) is 0 Å². The highest BCUT2D eigenvalue weighted by Crippen LogP contribution is 2.41. The number of nitrogens with zero attached hydrogens (tertiary/aromatic N) is 3. The molecule has 12 nitrogen and oxygen atoms in total. The number of methoxy groups -OCH3 is 1. The predicted octanol–water partition coefficient (Wildman–Crippen LogP) is 4.66. The van der Waals surface area contributed by atoms with Crippen molar-refractivity contribution in [2.45, 2.75) is 12.5 Å². The second-order valence-corrected chi connectivity index (χ2v) is 9.13. The van der Waals surface area contributed by atoms with Gasteiger partial charge in [-0.3, -0.25) is 29.8 Å². The number of hydrogen-bond donors (Lipinski definition) is 2. The first-order valence-corrected chi connectivity index (χ1v) is 12.1. The van der Waals surface area contributed by atoms with Crippen LogP contribution in [0, 0.1) is 20.2 Å². The van der Waals surface area contributed by atoms with Gasteiger partial charge in [-0.1, -0.05) is 24.3 Å². The minimum atomic E-state index is -1.17. The molecule has 12 heteroatoms. The third kappa shape index (κ3) is 4.62. The number of aromatic amines is 1. The summed E-state index contributed by atoms with van der Waals surface area (Å²) in [5.41, 5.74) is 0.993. The highest BCUT2D eigenvalue weighted by molar-refractivity contribution is 6.46. The molecule has 1 atom stereocenters. The maximum atomic E-state index is 13.3. The lowest BCUT2D eigenvalue weighted by Crippen LogP contribution is -2.31. The summed E-state index contributed by atoms with van der Waals surface area (Å²) in [4.78, 5) is 52.6. The number of fused-ring (bicyclic) bond motifs is 1. The number of aliphatic hydroxyl groups is 1. The molecule has 1 unspecified atom stereocenters. The largest absolute Gasteiger partial charge is 0.507 e. The number of carbonyl (C=O) groups excluding carboxylic acids is 2. The molecule has 0 radical (unpaired) electrons. The second-order valence-electron chi connectivity index (χ2n) is 9.13. The number of amides is 1. The monoisotopic (exact) mass is 542 g/mol. The first-order valence-electron chi connectivity index (χ1n) is 12.1. The lowest BCUT2D eigenvalue weighted by atomic mass is 9.94. The van der Waals surface area contributed by atoms with Gasteiger partial charge in [-0.25, -0.2) is 0 Å². The number of carbonyl (C=O) groups is 2. The lowest BCUT2D eigenvalue weighted by Gasteiger charge is -2.25. The smallest absolute Gasteiger partial charge is 0.295 e. The van der Waals surface area contributed by atoms with E-state index in [0.717, 1.165) is 22.5 Å². The third-order valence-electron chi connectivity index (χ3n) is 6.86. The van der Waals surface area contributed by atoms with Gasteiger partial charge in [0.15, 0.2) is 0 Å². The van der Waals surface area contributed by atoms with Crippen LogP contribution in [-0.4, -0.2) is 50.2 Å². The van der Waals surface area contributed by atoms with Crippen molar-refractivity contribution in [1.82, 2.24) is 9.88 Å². The standard InChI is InChI=1S/C28H22N4O8/c1-40-21-8-9-23-22(14-21)18(15-29-23)10-11-30-25(16-4-2-6-19(12-16)31(36)37)24(27(34)28(30)35)26(33)17-5-3-7-20(13-17)32(38)39/h2-9,12-15,25,29,33H,10-11H2,1H3/b26-24-. The van der Waals surface area contributed by atoms with Crippen LogP contribution < -0.4 is 4.74 Å². The minimum Gasteiger partial charge on any atom is -0.507 e. The SMILES string of the molecule is COc1ccc2[nH]cc(CCN3C(=O)C(=O)/C(=C(\O)c4cccc([N+](=O)[O-])c4)C3c3cccc([N+](=O)[O-])c3)c2c1. The predicted molar refractivity (Wildman–Crippen MR) is 144 cm³/mol. The Kier molecular flexibility index (Phi) is 6.74. The van der Waals surface area contributed by atoms with Gasteiger partial charge in [0, 0.05) is 53.5 Å². The number of aromatic nitrogens is 1. The van der Waals surface area contributed by atoms with Crippen molar-refractivity contribution in [3.05, 3.63) is 115 Å². The molecule has 4 aromatic rings. The number of benzene rings is 3. The van der Waals surface area contributed by atoms with Crippen LogP contribution in [-0.2, 0) is 16.0 Å². The highest BCUT2D eigenvalue weighted by atomic mass is 16.6. The second kappa shape index (κ2) is 10.3. The molecule has 40 heavy (non-hydrogen) atoms. The molecular weight excluding hydrogens is 520 g/mol. The van der Waals surface area contributed by atoms with Crippen LogP contribution in [0.5, 0.6) is 5.75 Å². The Balaban J connectivity index is 1.60. The van der Waals surface area contributed by atoms with Crippen LogP contribution in [0.25, 0.3) is 16.7 Å². The molecule has 3 aromatic carbocycles. The van der Waals surface area contributed by atoms with Crippen molar-refractivity contribution < 1.29 is 29.3 Å². The molecule has 0 spiro atoms. The zero-order valence-corrected chi connectivity index (χ0v) is 21.1. The average molecular weight is 543 g/mol. The van der Waals surface area contributed by atoms with E-state index < -0.39 is 33.3 Å². The number of nitro benzene ring substituents is 2. The van der Waals surface area contributed by atoms with Crippen LogP contribution in [0.4, 0.5) is 11.4 Å². The number of nitro groups is 2. The number of ether oxygens (including phenoxy) is 1. The van der Waals surface area contributed by atoms with Crippen LogP contribution in [0.15, 0.2) is 78.5 Å². The minimum absolute atomic E-state index is 0.0355. The molecule has 1 amide bonds. The number of non-ortho nitro benzene ring substituents is 2. The van der Waals surface area contributed by atoms with E-state index in [9.17, 15) is 34.9 Å². The van der Waals surface area contributed by atoms with E-state index in [4.69, 9.17) is 4.74 Å². The van der Waals surface area contributed by atoms with Crippen molar-refractivity contribution in [1.29, 1.82) is 0 Å². The summed E-state index contributed by atoms with van der Waals surface area (Å²) >= 11 is 0.